The van der Waals surface area contributed by atoms with Crippen LogP contribution in [-0.2, 0) is 13.1 Å². The quantitative estimate of drug-likeness (QED) is 0.746. The van der Waals surface area contributed by atoms with E-state index in [1.54, 1.807) is 15.9 Å². The normalized spacial score (nSPS) is 15.4. The summed E-state index contributed by atoms with van der Waals surface area (Å²) >= 11 is 1.61. The molecule has 1 aliphatic heterocycles. The van der Waals surface area contributed by atoms with Gasteiger partial charge in [0.05, 0.1) is 11.9 Å². The lowest BCUT2D eigenvalue weighted by Crippen LogP contribution is -2.37. The molecule has 84 valence electrons. The Morgan fingerprint density at radius 2 is 2.25 bits per heavy atom. The van der Waals surface area contributed by atoms with Crippen LogP contribution in [0.4, 0.5) is 0 Å². The molecule has 16 heavy (non-hydrogen) atoms. The van der Waals surface area contributed by atoms with Crippen LogP contribution in [-0.4, -0.2) is 16.1 Å². The Morgan fingerprint density at radius 1 is 1.44 bits per heavy atom. The van der Waals surface area contributed by atoms with Gasteiger partial charge in [0.2, 0.25) is 0 Å². The number of aromatic nitrogens is 2. The van der Waals surface area contributed by atoms with E-state index in [0.717, 1.165) is 34.7 Å². The van der Waals surface area contributed by atoms with Crippen molar-refractivity contribution in [2.75, 3.05) is 6.54 Å². The van der Waals surface area contributed by atoms with Crippen LogP contribution in [0.2, 0.25) is 0 Å². The van der Waals surface area contributed by atoms with Crippen LogP contribution in [0.1, 0.15) is 16.3 Å². The van der Waals surface area contributed by atoms with Gasteiger partial charge < -0.3 is 5.32 Å². The molecule has 0 spiro atoms. The van der Waals surface area contributed by atoms with Crippen molar-refractivity contribution in [2.45, 2.75) is 26.9 Å². The van der Waals surface area contributed by atoms with E-state index in [4.69, 9.17) is 0 Å². The average molecular weight is 235 g/mol. The van der Waals surface area contributed by atoms with Gasteiger partial charge in [0, 0.05) is 18.0 Å². The van der Waals surface area contributed by atoms with Gasteiger partial charge in [0.1, 0.15) is 10.7 Å². The number of rotatable bonds is 0. The van der Waals surface area contributed by atoms with Crippen LogP contribution in [0.15, 0.2) is 4.79 Å². The first-order chi connectivity index (χ1) is 7.68. The minimum atomic E-state index is 0.128. The first-order valence-corrected chi connectivity index (χ1v) is 6.20. The molecular formula is C11H13N3OS. The van der Waals surface area contributed by atoms with Gasteiger partial charge >= 0.3 is 0 Å². The molecule has 4 nitrogen and oxygen atoms in total. The molecule has 5 heteroatoms. The van der Waals surface area contributed by atoms with E-state index >= 15 is 0 Å². The lowest BCUT2D eigenvalue weighted by atomic mass is 10.2. The summed E-state index contributed by atoms with van der Waals surface area (Å²) in [4.78, 5) is 19.0. The van der Waals surface area contributed by atoms with Crippen molar-refractivity contribution in [3.63, 3.8) is 0 Å². The van der Waals surface area contributed by atoms with Gasteiger partial charge in [-0.05, 0) is 19.4 Å². The Kier molecular flexibility index (Phi) is 2.12. The highest BCUT2D eigenvalue weighted by atomic mass is 32.1. The number of nitrogens with zero attached hydrogens (tertiary/aromatic N) is 2. The summed E-state index contributed by atoms with van der Waals surface area (Å²) in [5, 5.41) is 4.05. The molecule has 0 atom stereocenters. The van der Waals surface area contributed by atoms with E-state index in [1.165, 1.54) is 4.88 Å². The van der Waals surface area contributed by atoms with Crippen molar-refractivity contribution in [1.29, 1.82) is 0 Å². The first kappa shape index (κ1) is 9.99. The van der Waals surface area contributed by atoms with Crippen molar-refractivity contribution >= 4 is 21.6 Å². The van der Waals surface area contributed by atoms with Gasteiger partial charge in [-0.3, -0.25) is 9.36 Å². The SMILES string of the molecule is Cc1sc2nc3n(c(=O)c2c1C)CCNC3. The fourth-order valence-corrected chi connectivity index (χ4v) is 3.16. The lowest BCUT2D eigenvalue weighted by Gasteiger charge is -2.18. The number of nitrogens with one attached hydrogen (secondary N) is 1. The van der Waals surface area contributed by atoms with Gasteiger partial charge in [-0.25, -0.2) is 4.98 Å². The molecule has 2 aromatic rings. The molecule has 0 unspecified atom stereocenters. The van der Waals surface area contributed by atoms with Gasteiger partial charge in [0.25, 0.3) is 5.56 Å². The molecule has 3 heterocycles. The topological polar surface area (TPSA) is 46.9 Å². The Hall–Kier alpha value is -1.20. The standard InChI is InChI=1S/C11H13N3OS/c1-6-7(2)16-10-9(6)11(15)14-4-3-12-5-8(14)13-10/h12H,3-5H2,1-2H3. The maximum Gasteiger partial charge on any atom is 0.262 e. The second kappa shape index (κ2) is 3.40. The molecule has 2 aromatic heterocycles. The number of aryl methyl sites for hydroxylation is 2. The van der Waals surface area contributed by atoms with Crippen molar-refractivity contribution < 1.29 is 0 Å². The van der Waals surface area contributed by atoms with Gasteiger partial charge in [0.15, 0.2) is 0 Å². The lowest BCUT2D eigenvalue weighted by molar-refractivity contribution is 0.486. The molecular weight excluding hydrogens is 222 g/mol. The van der Waals surface area contributed by atoms with E-state index in [1.807, 2.05) is 13.8 Å². The summed E-state index contributed by atoms with van der Waals surface area (Å²) in [6, 6.07) is 0. The smallest absolute Gasteiger partial charge is 0.262 e. The van der Waals surface area contributed by atoms with Crippen LogP contribution >= 0.6 is 11.3 Å². The number of hydrogen-bond acceptors (Lipinski definition) is 4. The third-order valence-electron chi connectivity index (χ3n) is 3.16. The second-order valence-corrected chi connectivity index (χ2v) is 5.33. The largest absolute Gasteiger partial charge is 0.308 e. The van der Waals surface area contributed by atoms with Crippen molar-refractivity contribution in [2.24, 2.45) is 0 Å². The maximum absolute atomic E-state index is 12.3. The summed E-state index contributed by atoms with van der Waals surface area (Å²) in [5.41, 5.74) is 1.22. The molecule has 0 saturated carbocycles. The van der Waals surface area contributed by atoms with Crippen LogP contribution in [0, 0.1) is 13.8 Å². The fraction of sp³-hybridized carbons (Fsp3) is 0.455. The van der Waals surface area contributed by atoms with E-state index in [0.29, 0.717) is 6.54 Å². The number of hydrogen-bond donors (Lipinski definition) is 1. The Labute approximate surface area is 96.9 Å². The Bertz CT molecular complexity index is 626. The van der Waals surface area contributed by atoms with Crippen molar-refractivity contribution in [1.82, 2.24) is 14.9 Å². The number of fused-ring (bicyclic) bond motifs is 2. The van der Waals surface area contributed by atoms with Crippen molar-refractivity contribution in [3.05, 3.63) is 26.6 Å². The summed E-state index contributed by atoms with van der Waals surface area (Å²) in [7, 11) is 0. The minimum Gasteiger partial charge on any atom is -0.308 e. The van der Waals surface area contributed by atoms with Gasteiger partial charge in [-0.2, -0.15) is 0 Å². The van der Waals surface area contributed by atoms with Crippen LogP contribution < -0.4 is 10.9 Å². The molecule has 0 aromatic carbocycles. The zero-order valence-corrected chi connectivity index (χ0v) is 10.1. The van der Waals surface area contributed by atoms with E-state index in [9.17, 15) is 4.79 Å². The molecule has 0 radical (unpaired) electrons. The monoisotopic (exact) mass is 235 g/mol. The zero-order valence-electron chi connectivity index (χ0n) is 9.33. The van der Waals surface area contributed by atoms with E-state index in [2.05, 4.69) is 10.3 Å². The molecule has 1 aliphatic rings. The Morgan fingerprint density at radius 3 is 3.06 bits per heavy atom. The molecule has 0 saturated heterocycles. The first-order valence-electron chi connectivity index (χ1n) is 5.38. The van der Waals surface area contributed by atoms with Crippen molar-refractivity contribution in [3.8, 4) is 0 Å². The van der Waals surface area contributed by atoms with Gasteiger partial charge in [-0.1, -0.05) is 0 Å². The fourth-order valence-electron chi connectivity index (χ4n) is 2.13. The van der Waals surface area contributed by atoms with Gasteiger partial charge in [-0.15, -0.1) is 11.3 Å². The van der Waals surface area contributed by atoms with E-state index < -0.39 is 0 Å². The zero-order chi connectivity index (χ0) is 11.3. The van der Waals surface area contributed by atoms with Crippen LogP contribution in [0.25, 0.3) is 10.2 Å². The Balaban J connectivity index is 2.44. The predicted molar refractivity (Wildman–Crippen MR) is 65.1 cm³/mol. The van der Waals surface area contributed by atoms with Crippen LogP contribution in [0.5, 0.6) is 0 Å². The summed E-state index contributed by atoms with van der Waals surface area (Å²) in [6.07, 6.45) is 0. The summed E-state index contributed by atoms with van der Waals surface area (Å²) in [6.45, 7) is 6.32. The average Bonchev–Trinajstić information content (AvgIpc) is 2.55. The van der Waals surface area contributed by atoms with E-state index in [-0.39, 0.29) is 5.56 Å². The number of thiophene rings is 1. The highest BCUT2D eigenvalue weighted by Gasteiger charge is 2.17. The minimum absolute atomic E-state index is 0.128. The molecule has 1 N–H and O–H groups in total. The molecule has 0 amide bonds. The molecule has 3 rings (SSSR count). The predicted octanol–water partition coefficient (Wildman–Crippen LogP) is 1.18. The highest BCUT2D eigenvalue weighted by Crippen LogP contribution is 2.26. The van der Waals surface area contributed by atoms with Crippen LogP contribution in [0.3, 0.4) is 0 Å². The molecule has 0 aliphatic carbocycles. The molecule has 0 bridgehead atoms. The maximum atomic E-state index is 12.3. The third kappa shape index (κ3) is 1.25. The second-order valence-electron chi connectivity index (χ2n) is 4.12. The summed E-state index contributed by atoms with van der Waals surface area (Å²) < 4.78 is 1.80. The highest BCUT2D eigenvalue weighted by molar-refractivity contribution is 7.18. The third-order valence-corrected chi connectivity index (χ3v) is 4.26. The molecule has 0 fully saturated rings. The summed E-state index contributed by atoms with van der Waals surface area (Å²) in [5.74, 6) is 0.866.